The van der Waals surface area contributed by atoms with Gasteiger partial charge in [-0.15, -0.1) is 0 Å². The van der Waals surface area contributed by atoms with E-state index < -0.39 is 45.0 Å². The van der Waals surface area contributed by atoms with Gasteiger partial charge in [0.1, 0.15) is 22.8 Å². The van der Waals surface area contributed by atoms with E-state index in [9.17, 15) is 35.3 Å². The zero-order chi connectivity index (χ0) is 17.1. The van der Waals surface area contributed by atoms with Crippen molar-refractivity contribution in [2.45, 2.75) is 0 Å². The highest BCUT2D eigenvalue weighted by Gasteiger charge is 2.16. The van der Waals surface area contributed by atoms with Crippen molar-refractivity contribution in [1.82, 2.24) is 0 Å². The predicted octanol–water partition coefficient (Wildman–Crippen LogP) is 2.31. The fraction of sp³-hybridized carbons (Fsp3) is 0. The van der Waals surface area contributed by atoms with Crippen LogP contribution >= 0.6 is 0 Å². The second-order valence-corrected chi connectivity index (χ2v) is 4.56. The van der Waals surface area contributed by atoms with Gasteiger partial charge >= 0.3 is 5.69 Å². The third kappa shape index (κ3) is 3.38. The predicted molar refractivity (Wildman–Crippen MR) is 79.6 cm³/mol. The normalized spacial score (nSPS) is 10.8. The molecule has 0 atom stereocenters. The van der Waals surface area contributed by atoms with E-state index in [0.29, 0.717) is 0 Å². The molecule has 0 aromatic heterocycles. The molecule has 0 heterocycles. The largest absolute Gasteiger partial charge is 0.508 e. The molecule has 4 N–H and O–H groups in total. The molecule has 8 heteroatoms. The van der Waals surface area contributed by atoms with Gasteiger partial charge in [-0.1, -0.05) is 12.1 Å². The lowest BCUT2D eigenvalue weighted by Gasteiger charge is -2.04. The summed E-state index contributed by atoms with van der Waals surface area (Å²) in [5.41, 5.74) is -0.664. The molecule has 0 bridgehead atoms. The Morgan fingerprint density at radius 2 is 1.61 bits per heavy atom. The van der Waals surface area contributed by atoms with Crippen molar-refractivity contribution >= 4 is 17.5 Å². The summed E-state index contributed by atoms with van der Waals surface area (Å²) in [7, 11) is 0. The van der Waals surface area contributed by atoms with Gasteiger partial charge in [-0.2, -0.15) is 0 Å². The number of allylic oxidation sites excluding steroid dienone is 1. The average molecular weight is 317 g/mol. The van der Waals surface area contributed by atoms with Gasteiger partial charge in [-0.3, -0.25) is 14.9 Å². The van der Waals surface area contributed by atoms with E-state index in [4.69, 9.17) is 0 Å². The summed E-state index contributed by atoms with van der Waals surface area (Å²) in [4.78, 5) is 21.9. The number of phenols is 4. The van der Waals surface area contributed by atoms with Crippen LogP contribution in [0.2, 0.25) is 0 Å². The Hall–Kier alpha value is -3.55. The smallest absolute Gasteiger partial charge is 0.311 e. The number of hydrogen-bond donors (Lipinski definition) is 4. The second-order valence-electron chi connectivity index (χ2n) is 4.56. The molecule has 23 heavy (non-hydrogen) atoms. The number of benzene rings is 2. The van der Waals surface area contributed by atoms with Crippen molar-refractivity contribution in [2.24, 2.45) is 0 Å². The lowest BCUT2D eigenvalue weighted by molar-refractivity contribution is -0.385. The monoisotopic (exact) mass is 317 g/mol. The number of nitro groups is 1. The summed E-state index contributed by atoms with van der Waals surface area (Å²) in [5, 5.41) is 48.4. The first-order valence-corrected chi connectivity index (χ1v) is 6.24. The van der Waals surface area contributed by atoms with Crippen LogP contribution in [0.5, 0.6) is 23.0 Å². The molecule has 8 nitrogen and oxygen atoms in total. The van der Waals surface area contributed by atoms with Crippen LogP contribution in [0.15, 0.2) is 36.4 Å². The lowest BCUT2D eigenvalue weighted by Crippen LogP contribution is -1.96. The zero-order valence-electron chi connectivity index (χ0n) is 11.5. The minimum Gasteiger partial charge on any atom is -0.508 e. The van der Waals surface area contributed by atoms with E-state index >= 15 is 0 Å². The summed E-state index contributed by atoms with van der Waals surface area (Å²) < 4.78 is 0. The maximum absolute atomic E-state index is 12.0. The Balaban J connectivity index is 2.32. The fourth-order valence-electron chi connectivity index (χ4n) is 1.90. The van der Waals surface area contributed by atoms with E-state index in [1.54, 1.807) is 0 Å². The number of ketones is 1. The topological polar surface area (TPSA) is 141 Å². The average Bonchev–Trinajstić information content (AvgIpc) is 2.45. The molecule has 2 aromatic carbocycles. The highest BCUT2D eigenvalue weighted by molar-refractivity contribution is 6.10. The summed E-state index contributed by atoms with van der Waals surface area (Å²) in [5.74, 6) is -2.89. The van der Waals surface area contributed by atoms with Crippen molar-refractivity contribution in [2.75, 3.05) is 0 Å². The maximum Gasteiger partial charge on any atom is 0.311 e. The molecule has 0 aliphatic heterocycles. The SMILES string of the molecule is O=C(/C=C/c1ccc(O)c([N+](=O)[O-])c1)c1c(O)cc(O)cc1O. The molecule has 0 radical (unpaired) electrons. The number of carbonyl (C=O) groups is 1. The maximum atomic E-state index is 12.0. The highest BCUT2D eigenvalue weighted by atomic mass is 16.6. The summed E-state index contributed by atoms with van der Waals surface area (Å²) in [6, 6.07) is 5.31. The van der Waals surface area contributed by atoms with Crippen LogP contribution in [-0.4, -0.2) is 31.1 Å². The molecule has 118 valence electrons. The minimum atomic E-state index is -0.772. The van der Waals surface area contributed by atoms with Gasteiger partial charge in [-0.05, 0) is 17.7 Å². The Morgan fingerprint density at radius 3 is 2.17 bits per heavy atom. The van der Waals surface area contributed by atoms with Crippen LogP contribution in [0.4, 0.5) is 5.69 Å². The molecular weight excluding hydrogens is 306 g/mol. The van der Waals surface area contributed by atoms with Crippen molar-refractivity contribution in [3.8, 4) is 23.0 Å². The van der Waals surface area contributed by atoms with E-state index in [2.05, 4.69) is 0 Å². The van der Waals surface area contributed by atoms with Gasteiger partial charge in [-0.25, -0.2) is 0 Å². The number of aromatic hydroxyl groups is 4. The molecule has 0 unspecified atom stereocenters. The number of nitrogens with zero attached hydrogens (tertiary/aromatic N) is 1. The Labute approximate surface area is 129 Å². The number of hydrogen-bond acceptors (Lipinski definition) is 7. The molecule has 0 spiro atoms. The number of phenolic OH excluding ortho intramolecular Hbond substituents is 4. The standard InChI is InChI=1S/C15H11NO7/c17-9-6-13(20)15(14(21)7-9)12(19)4-2-8-1-3-11(18)10(5-8)16(22)23/h1-7,17-18,20-21H/b4-2+. The quantitative estimate of drug-likeness (QED) is 0.293. The van der Waals surface area contributed by atoms with Gasteiger partial charge in [0.2, 0.25) is 0 Å². The molecule has 0 saturated carbocycles. The van der Waals surface area contributed by atoms with Gasteiger partial charge in [0, 0.05) is 18.2 Å². The highest BCUT2D eigenvalue weighted by Crippen LogP contribution is 2.32. The molecule has 2 aromatic rings. The van der Waals surface area contributed by atoms with Crippen LogP contribution in [0.3, 0.4) is 0 Å². The van der Waals surface area contributed by atoms with Crippen molar-refractivity contribution in [3.05, 3.63) is 57.6 Å². The van der Waals surface area contributed by atoms with Crippen LogP contribution in [-0.2, 0) is 0 Å². The molecule has 0 aliphatic carbocycles. The molecular formula is C15H11NO7. The van der Waals surface area contributed by atoms with E-state index in [0.717, 1.165) is 30.3 Å². The van der Waals surface area contributed by atoms with Crippen LogP contribution in [0.1, 0.15) is 15.9 Å². The molecule has 0 saturated heterocycles. The van der Waals surface area contributed by atoms with Crippen LogP contribution < -0.4 is 0 Å². The molecule has 0 fully saturated rings. The van der Waals surface area contributed by atoms with Gasteiger partial charge in [0.05, 0.1) is 4.92 Å². The van der Waals surface area contributed by atoms with Gasteiger partial charge in [0.25, 0.3) is 0 Å². The summed E-state index contributed by atoms with van der Waals surface area (Å²) >= 11 is 0. The third-order valence-corrected chi connectivity index (χ3v) is 2.95. The van der Waals surface area contributed by atoms with Crippen molar-refractivity contribution in [1.29, 1.82) is 0 Å². The van der Waals surface area contributed by atoms with E-state index in [1.807, 2.05) is 0 Å². The fourth-order valence-corrected chi connectivity index (χ4v) is 1.90. The van der Waals surface area contributed by atoms with Crippen LogP contribution in [0, 0.1) is 10.1 Å². The first-order valence-electron chi connectivity index (χ1n) is 6.24. The summed E-state index contributed by atoms with van der Waals surface area (Å²) in [6.45, 7) is 0. The number of carbonyl (C=O) groups excluding carboxylic acids is 1. The molecule has 0 amide bonds. The summed E-state index contributed by atoms with van der Waals surface area (Å²) in [6.07, 6.45) is 2.21. The second kappa shape index (κ2) is 6.06. The number of nitro benzene ring substituents is 1. The van der Waals surface area contributed by atoms with Crippen molar-refractivity contribution in [3.63, 3.8) is 0 Å². The Kier molecular flexibility index (Phi) is 4.17. The molecule has 0 aliphatic rings. The van der Waals surface area contributed by atoms with Gasteiger partial charge in [0.15, 0.2) is 11.5 Å². The van der Waals surface area contributed by atoms with Gasteiger partial charge < -0.3 is 20.4 Å². The Morgan fingerprint density at radius 1 is 1.00 bits per heavy atom. The zero-order valence-corrected chi connectivity index (χ0v) is 11.5. The Bertz CT molecular complexity index is 804. The van der Waals surface area contributed by atoms with E-state index in [-0.39, 0.29) is 5.56 Å². The van der Waals surface area contributed by atoms with Crippen molar-refractivity contribution < 1.29 is 30.1 Å². The van der Waals surface area contributed by atoms with Crippen LogP contribution in [0.25, 0.3) is 6.08 Å². The lowest BCUT2D eigenvalue weighted by atomic mass is 10.1. The first kappa shape index (κ1) is 15.8. The minimum absolute atomic E-state index is 0.264. The number of rotatable bonds is 4. The molecule has 2 rings (SSSR count). The first-order chi connectivity index (χ1) is 10.8. The third-order valence-electron chi connectivity index (χ3n) is 2.95. The van der Waals surface area contributed by atoms with E-state index in [1.165, 1.54) is 12.1 Å².